The molecule has 4 rings (SSSR count). The molecule has 2 fully saturated rings. The zero-order valence-corrected chi connectivity index (χ0v) is 18.7. The highest BCUT2D eigenvalue weighted by Gasteiger charge is 2.26. The van der Waals surface area contributed by atoms with Crippen LogP contribution >= 0.6 is 0 Å². The van der Waals surface area contributed by atoms with Gasteiger partial charge in [-0.05, 0) is 37.2 Å². The van der Waals surface area contributed by atoms with Crippen LogP contribution in [0.5, 0.6) is 0 Å². The molecule has 0 bridgehead atoms. The Morgan fingerprint density at radius 2 is 1.84 bits per heavy atom. The van der Waals surface area contributed by atoms with Gasteiger partial charge in [-0.2, -0.15) is 5.10 Å². The number of hydrogen-bond acceptors (Lipinski definition) is 5. The molecular weight excluding hydrogens is 404 g/mol. The fourth-order valence-corrected chi connectivity index (χ4v) is 4.76. The summed E-state index contributed by atoms with van der Waals surface area (Å²) in [7, 11) is 0. The van der Waals surface area contributed by atoms with E-state index < -0.39 is 0 Å². The van der Waals surface area contributed by atoms with Gasteiger partial charge in [-0.1, -0.05) is 30.3 Å². The largest absolute Gasteiger partial charge is 0.352 e. The molecule has 0 radical (unpaired) electrons. The van der Waals surface area contributed by atoms with E-state index in [1.165, 1.54) is 11.9 Å². The predicted molar refractivity (Wildman–Crippen MR) is 121 cm³/mol. The molecule has 1 unspecified atom stereocenters. The third-order valence-corrected chi connectivity index (χ3v) is 6.65. The van der Waals surface area contributed by atoms with Gasteiger partial charge >= 0.3 is 0 Å². The summed E-state index contributed by atoms with van der Waals surface area (Å²) < 4.78 is 1.69. The van der Waals surface area contributed by atoms with Gasteiger partial charge in [0.25, 0.3) is 0 Å². The Hall–Kier alpha value is -2.74. The van der Waals surface area contributed by atoms with Crippen molar-refractivity contribution in [3.63, 3.8) is 0 Å². The van der Waals surface area contributed by atoms with Gasteiger partial charge in [0.2, 0.25) is 11.8 Å². The molecule has 1 atom stereocenters. The fraction of sp³-hybridized carbons (Fsp3) is 0.583. The van der Waals surface area contributed by atoms with Gasteiger partial charge in [-0.25, -0.2) is 4.98 Å². The number of piperidine rings is 1. The second kappa shape index (κ2) is 11.2. The van der Waals surface area contributed by atoms with Crippen molar-refractivity contribution < 1.29 is 9.59 Å². The quantitative estimate of drug-likeness (QED) is 0.648. The van der Waals surface area contributed by atoms with E-state index in [-0.39, 0.29) is 17.9 Å². The Labute approximate surface area is 190 Å². The van der Waals surface area contributed by atoms with E-state index in [2.05, 4.69) is 44.6 Å². The molecular formula is C24H34N6O2. The van der Waals surface area contributed by atoms with Crippen molar-refractivity contribution in [3.05, 3.63) is 48.5 Å². The van der Waals surface area contributed by atoms with Gasteiger partial charge in [-0.15, -0.1) is 0 Å². The highest BCUT2D eigenvalue weighted by atomic mass is 16.2. The molecule has 8 heteroatoms. The van der Waals surface area contributed by atoms with Crippen molar-refractivity contribution >= 4 is 11.8 Å². The van der Waals surface area contributed by atoms with Gasteiger partial charge in [-0.3, -0.25) is 19.2 Å². The van der Waals surface area contributed by atoms with Crippen LogP contribution < -0.4 is 5.32 Å². The molecule has 2 amide bonds. The first-order chi connectivity index (χ1) is 15.7. The maximum atomic E-state index is 12.5. The molecule has 172 valence electrons. The SMILES string of the molecule is O=C(CCC1CCN(C(=O)CCn2cncn2)CC1)NC1CCN(Cc2ccccc2)C1. The van der Waals surface area contributed by atoms with Gasteiger partial charge < -0.3 is 10.2 Å². The number of hydrogen-bond donors (Lipinski definition) is 1. The zero-order valence-electron chi connectivity index (χ0n) is 18.7. The van der Waals surface area contributed by atoms with E-state index in [0.717, 1.165) is 58.4 Å². The molecule has 2 aliphatic heterocycles. The third-order valence-electron chi connectivity index (χ3n) is 6.65. The fourth-order valence-electron chi connectivity index (χ4n) is 4.76. The average Bonchev–Trinajstić information content (AvgIpc) is 3.49. The molecule has 32 heavy (non-hydrogen) atoms. The topological polar surface area (TPSA) is 83.4 Å². The number of aromatic nitrogens is 3. The molecule has 1 N–H and O–H groups in total. The molecule has 2 saturated heterocycles. The molecule has 0 spiro atoms. The average molecular weight is 439 g/mol. The van der Waals surface area contributed by atoms with Crippen LogP contribution in [0.2, 0.25) is 0 Å². The highest BCUT2D eigenvalue weighted by Crippen LogP contribution is 2.22. The lowest BCUT2D eigenvalue weighted by atomic mass is 9.92. The lowest BCUT2D eigenvalue weighted by Gasteiger charge is -2.32. The van der Waals surface area contributed by atoms with Crippen LogP contribution in [-0.2, 0) is 22.7 Å². The summed E-state index contributed by atoms with van der Waals surface area (Å²) in [5, 5.41) is 7.27. The monoisotopic (exact) mass is 438 g/mol. The Morgan fingerprint density at radius 1 is 1.03 bits per heavy atom. The standard InChI is InChI=1S/C24H34N6O2/c31-23(27-22-10-12-28(17-22)16-21-4-2-1-3-5-21)7-6-20-8-13-29(14-9-20)24(32)11-15-30-19-25-18-26-30/h1-5,18-20,22H,6-17H2,(H,27,31). The number of aryl methyl sites for hydroxylation is 1. The Morgan fingerprint density at radius 3 is 2.59 bits per heavy atom. The van der Waals surface area contributed by atoms with Crippen molar-refractivity contribution in [2.75, 3.05) is 26.2 Å². The number of nitrogens with one attached hydrogen (secondary N) is 1. The summed E-state index contributed by atoms with van der Waals surface area (Å²) in [6.45, 7) is 5.06. The molecule has 1 aromatic heterocycles. The number of benzene rings is 1. The van der Waals surface area contributed by atoms with Crippen molar-refractivity contribution in [2.24, 2.45) is 5.92 Å². The summed E-state index contributed by atoms with van der Waals surface area (Å²) in [6.07, 6.45) is 8.06. The molecule has 0 saturated carbocycles. The Kier molecular flexibility index (Phi) is 7.87. The first-order valence-electron chi connectivity index (χ1n) is 11.8. The van der Waals surface area contributed by atoms with Crippen LogP contribution in [0.15, 0.2) is 43.0 Å². The number of rotatable bonds is 9. The predicted octanol–water partition coefficient (Wildman–Crippen LogP) is 2.08. The third kappa shape index (κ3) is 6.63. The Balaban J connectivity index is 1.09. The summed E-state index contributed by atoms with van der Waals surface area (Å²) in [5.41, 5.74) is 1.32. The number of carbonyl (C=O) groups is 2. The van der Waals surface area contributed by atoms with Crippen molar-refractivity contribution in [1.29, 1.82) is 0 Å². The normalized spacial score (nSPS) is 19.9. The number of likely N-dealkylation sites (tertiary alicyclic amines) is 2. The van der Waals surface area contributed by atoms with E-state index in [1.807, 2.05) is 11.0 Å². The van der Waals surface area contributed by atoms with Crippen LogP contribution in [0.3, 0.4) is 0 Å². The maximum absolute atomic E-state index is 12.5. The summed E-state index contributed by atoms with van der Waals surface area (Å²) >= 11 is 0. The second-order valence-electron chi connectivity index (χ2n) is 9.05. The minimum atomic E-state index is 0.169. The lowest BCUT2D eigenvalue weighted by Crippen LogP contribution is -2.39. The van der Waals surface area contributed by atoms with Crippen LogP contribution in [0, 0.1) is 5.92 Å². The Bertz CT molecular complexity index is 849. The van der Waals surface area contributed by atoms with Crippen molar-refractivity contribution in [2.45, 2.75) is 57.7 Å². The van der Waals surface area contributed by atoms with E-state index in [1.54, 1.807) is 11.0 Å². The van der Waals surface area contributed by atoms with E-state index in [0.29, 0.717) is 25.3 Å². The van der Waals surface area contributed by atoms with Crippen LogP contribution in [0.1, 0.15) is 44.1 Å². The highest BCUT2D eigenvalue weighted by molar-refractivity contribution is 5.76. The molecule has 8 nitrogen and oxygen atoms in total. The van der Waals surface area contributed by atoms with E-state index in [9.17, 15) is 9.59 Å². The first-order valence-corrected chi connectivity index (χ1v) is 11.8. The first kappa shape index (κ1) is 22.5. The smallest absolute Gasteiger partial charge is 0.224 e. The number of amides is 2. The number of nitrogens with zero attached hydrogens (tertiary/aromatic N) is 5. The minimum absolute atomic E-state index is 0.169. The van der Waals surface area contributed by atoms with E-state index >= 15 is 0 Å². The van der Waals surface area contributed by atoms with Crippen molar-refractivity contribution in [3.8, 4) is 0 Å². The number of carbonyl (C=O) groups excluding carboxylic acids is 2. The van der Waals surface area contributed by atoms with Gasteiger partial charge in [0.1, 0.15) is 12.7 Å². The molecule has 0 aliphatic carbocycles. The minimum Gasteiger partial charge on any atom is -0.352 e. The van der Waals surface area contributed by atoms with Gasteiger partial charge in [0, 0.05) is 51.6 Å². The molecule has 2 aliphatic rings. The van der Waals surface area contributed by atoms with Crippen molar-refractivity contribution in [1.82, 2.24) is 29.9 Å². The lowest BCUT2D eigenvalue weighted by molar-refractivity contribution is -0.133. The molecule has 1 aromatic carbocycles. The van der Waals surface area contributed by atoms with Crippen LogP contribution in [0.4, 0.5) is 0 Å². The summed E-state index contributed by atoms with van der Waals surface area (Å²) in [5.74, 6) is 0.874. The zero-order chi connectivity index (χ0) is 22.2. The van der Waals surface area contributed by atoms with Crippen LogP contribution in [-0.4, -0.2) is 68.6 Å². The summed E-state index contributed by atoms with van der Waals surface area (Å²) in [4.78, 5) is 33.1. The maximum Gasteiger partial charge on any atom is 0.224 e. The van der Waals surface area contributed by atoms with Crippen LogP contribution in [0.25, 0.3) is 0 Å². The second-order valence-corrected chi connectivity index (χ2v) is 9.05. The molecule has 2 aromatic rings. The molecule has 3 heterocycles. The van der Waals surface area contributed by atoms with Gasteiger partial charge in [0.05, 0.1) is 6.54 Å². The van der Waals surface area contributed by atoms with E-state index in [4.69, 9.17) is 0 Å². The summed E-state index contributed by atoms with van der Waals surface area (Å²) in [6, 6.07) is 10.8. The van der Waals surface area contributed by atoms with Gasteiger partial charge in [0.15, 0.2) is 0 Å².